The average molecular weight is 346 g/mol. The van der Waals surface area contributed by atoms with Crippen LogP contribution in [0.4, 0.5) is 5.69 Å². The number of rotatable bonds is 5. The Hall–Kier alpha value is -2.21. The third kappa shape index (κ3) is 2.95. The molecule has 0 spiro atoms. The van der Waals surface area contributed by atoms with E-state index < -0.39 is 0 Å². The van der Waals surface area contributed by atoms with Crippen LogP contribution >= 0.6 is 0 Å². The predicted molar refractivity (Wildman–Crippen MR) is 96.2 cm³/mol. The normalized spacial score (nSPS) is 19.7. The minimum absolute atomic E-state index is 0.0782. The van der Waals surface area contributed by atoms with E-state index in [9.17, 15) is 4.79 Å². The molecule has 0 saturated carbocycles. The minimum atomic E-state index is 0.0782. The molecule has 1 aromatic rings. The Morgan fingerprint density at radius 2 is 1.92 bits per heavy atom. The lowest BCUT2D eigenvalue weighted by Gasteiger charge is -2.42. The molecule has 136 valence electrons. The van der Waals surface area contributed by atoms with E-state index in [1.54, 1.807) is 14.2 Å². The van der Waals surface area contributed by atoms with Crippen molar-refractivity contribution in [3.63, 3.8) is 0 Å². The summed E-state index contributed by atoms with van der Waals surface area (Å²) >= 11 is 0. The van der Waals surface area contributed by atoms with Crippen LogP contribution in [0.25, 0.3) is 0 Å². The molecule has 0 radical (unpaired) electrons. The van der Waals surface area contributed by atoms with Gasteiger partial charge in [-0.15, -0.1) is 0 Å². The molecule has 1 amide bonds. The number of benzene rings is 1. The quantitative estimate of drug-likeness (QED) is 0.883. The summed E-state index contributed by atoms with van der Waals surface area (Å²) < 4.78 is 10.8. The van der Waals surface area contributed by atoms with Gasteiger partial charge in [0, 0.05) is 62.1 Å². The van der Waals surface area contributed by atoms with Gasteiger partial charge < -0.3 is 24.4 Å². The topological polar surface area (TPSA) is 62.2 Å². The summed E-state index contributed by atoms with van der Waals surface area (Å²) in [5.74, 6) is 1.44. The Balaban J connectivity index is 1.98. The van der Waals surface area contributed by atoms with Crippen LogP contribution in [0.5, 0.6) is 11.5 Å². The Morgan fingerprint density at radius 1 is 1.24 bits per heavy atom. The van der Waals surface area contributed by atoms with Gasteiger partial charge in [-0.1, -0.05) is 0 Å². The zero-order chi connectivity index (χ0) is 18.1. The molecule has 3 rings (SSSR count). The first-order chi connectivity index (χ1) is 12.0. The summed E-state index contributed by atoms with van der Waals surface area (Å²) in [5.41, 5.74) is 4.04. The van der Waals surface area contributed by atoms with Gasteiger partial charge in [-0.2, -0.15) is 0 Å². The number of nitrogens with zero attached hydrogens (tertiary/aromatic N) is 2. The van der Waals surface area contributed by atoms with Crippen LogP contribution in [0.2, 0.25) is 0 Å². The van der Waals surface area contributed by atoms with E-state index in [0.717, 1.165) is 28.9 Å². The van der Waals surface area contributed by atoms with Crippen LogP contribution in [-0.4, -0.2) is 56.4 Å². The fourth-order valence-corrected chi connectivity index (χ4v) is 3.79. The van der Waals surface area contributed by atoms with Crippen molar-refractivity contribution in [2.45, 2.75) is 32.2 Å². The molecule has 6 heteroatoms. The second-order valence-corrected chi connectivity index (χ2v) is 6.63. The van der Waals surface area contributed by atoms with Gasteiger partial charge in [0.05, 0.1) is 14.2 Å². The van der Waals surface area contributed by atoms with E-state index in [2.05, 4.69) is 11.8 Å². The van der Waals surface area contributed by atoms with Gasteiger partial charge in [0.25, 0.3) is 5.91 Å². The Morgan fingerprint density at radius 3 is 2.56 bits per heavy atom. The van der Waals surface area contributed by atoms with Crippen LogP contribution in [0.1, 0.15) is 25.3 Å². The van der Waals surface area contributed by atoms with Crippen molar-refractivity contribution < 1.29 is 19.4 Å². The molecule has 2 heterocycles. The van der Waals surface area contributed by atoms with Crippen LogP contribution in [0.3, 0.4) is 0 Å². The van der Waals surface area contributed by atoms with E-state index >= 15 is 0 Å². The molecule has 0 unspecified atom stereocenters. The Kier molecular flexibility index (Phi) is 4.90. The maximum Gasteiger partial charge on any atom is 0.252 e. The lowest BCUT2D eigenvalue weighted by atomic mass is 9.88. The van der Waals surface area contributed by atoms with E-state index in [1.807, 2.05) is 24.1 Å². The minimum Gasteiger partial charge on any atom is -0.493 e. The second kappa shape index (κ2) is 6.96. The number of hydrogen-bond acceptors (Lipinski definition) is 5. The van der Waals surface area contributed by atoms with Gasteiger partial charge in [0.2, 0.25) is 0 Å². The first kappa shape index (κ1) is 17.6. The van der Waals surface area contributed by atoms with Gasteiger partial charge in [-0.05, 0) is 25.0 Å². The van der Waals surface area contributed by atoms with Gasteiger partial charge in [-0.3, -0.25) is 4.79 Å². The molecule has 0 aromatic heterocycles. The van der Waals surface area contributed by atoms with Crippen molar-refractivity contribution in [1.82, 2.24) is 4.90 Å². The molecule has 1 aromatic carbocycles. The number of methoxy groups -OCH3 is 2. The highest BCUT2D eigenvalue weighted by Crippen LogP contribution is 2.43. The lowest BCUT2D eigenvalue weighted by molar-refractivity contribution is -0.130. The number of anilines is 1. The number of fused-ring (bicyclic) bond motifs is 1. The SMILES string of the molecule is COc1cc2c(cc1OC)N(C)C1=C(C2)C(=O)N(CCCO)[C@@H](C)C1. The number of aliphatic hydroxyl groups is 1. The largest absolute Gasteiger partial charge is 0.493 e. The number of amides is 1. The van der Waals surface area contributed by atoms with Gasteiger partial charge in [0.1, 0.15) is 0 Å². The summed E-state index contributed by atoms with van der Waals surface area (Å²) in [4.78, 5) is 17.0. The van der Waals surface area contributed by atoms with E-state index in [0.29, 0.717) is 30.9 Å². The third-order valence-corrected chi connectivity index (χ3v) is 5.16. The van der Waals surface area contributed by atoms with Crippen LogP contribution in [-0.2, 0) is 11.2 Å². The van der Waals surface area contributed by atoms with Crippen molar-refractivity contribution in [1.29, 1.82) is 0 Å². The predicted octanol–water partition coefficient (Wildman–Crippen LogP) is 1.95. The van der Waals surface area contributed by atoms with Crippen molar-refractivity contribution in [2.24, 2.45) is 0 Å². The molecule has 2 aliphatic rings. The molecular formula is C19H26N2O4. The first-order valence-electron chi connectivity index (χ1n) is 8.64. The fourth-order valence-electron chi connectivity index (χ4n) is 3.79. The smallest absolute Gasteiger partial charge is 0.252 e. The molecule has 25 heavy (non-hydrogen) atoms. The monoisotopic (exact) mass is 346 g/mol. The van der Waals surface area contributed by atoms with E-state index in [1.165, 1.54) is 0 Å². The lowest BCUT2D eigenvalue weighted by Crippen LogP contribution is -2.47. The molecular weight excluding hydrogens is 320 g/mol. The molecule has 2 aliphatic heterocycles. The zero-order valence-electron chi connectivity index (χ0n) is 15.3. The summed E-state index contributed by atoms with van der Waals surface area (Å²) in [6.45, 7) is 2.76. The highest BCUT2D eigenvalue weighted by atomic mass is 16.5. The van der Waals surface area contributed by atoms with Gasteiger partial charge in [0.15, 0.2) is 11.5 Å². The molecule has 0 aliphatic carbocycles. The van der Waals surface area contributed by atoms with E-state index in [4.69, 9.17) is 14.6 Å². The average Bonchev–Trinajstić information content (AvgIpc) is 2.62. The van der Waals surface area contributed by atoms with Crippen molar-refractivity contribution in [2.75, 3.05) is 39.3 Å². The fraction of sp³-hybridized carbons (Fsp3) is 0.526. The Labute approximate surface area is 148 Å². The molecule has 6 nitrogen and oxygen atoms in total. The van der Waals surface area contributed by atoms with Crippen LogP contribution < -0.4 is 14.4 Å². The molecule has 0 bridgehead atoms. The number of ether oxygens (including phenoxy) is 2. The molecule has 1 atom stereocenters. The van der Waals surface area contributed by atoms with Gasteiger partial charge in [-0.25, -0.2) is 0 Å². The highest BCUT2D eigenvalue weighted by Gasteiger charge is 2.36. The van der Waals surface area contributed by atoms with Crippen LogP contribution in [0.15, 0.2) is 23.4 Å². The summed E-state index contributed by atoms with van der Waals surface area (Å²) in [6, 6.07) is 4.06. The molecule has 1 N–H and O–H groups in total. The Bertz CT molecular complexity index is 714. The number of aliphatic hydroxyl groups excluding tert-OH is 1. The first-order valence-corrected chi connectivity index (χ1v) is 8.64. The van der Waals surface area contributed by atoms with Crippen LogP contribution in [0, 0.1) is 0 Å². The van der Waals surface area contributed by atoms with Crippen molar-refractivity contribution in [3.05, 3.63) is 29.0 Å². The number of carbonyl (C=O) groups excluding carboxylic acids is 1. The third-order valence-electron chi connectivity index (χ3n) is 5.16. The maximum atomic E-state index is 13.0. The number of hydrogen-bond donors (Lipinski definition) is 1. The van der Waals surface area contributed by atoms with E-state index in [-0.39, 0.29) is 18.6 Å². The van der Waals surface area contributed by atoms with Crippen molar-refractivity contribution >= 4 is 11.6 Å². The molecule has 0 fully saturated rings. The highest BCUT2D eigenvalue weighted by molar-refractivity contribution is 5.98. The molecule has 0 saturated heterocycles. The van der Waals surface area contributed by atoms with Crippen molar-refractivity contribution in [3.8, 4) is 11.5 Å². The standard InChI is InChI=1S/C19H26N2O4/c1-12-8-16-14(19(23)21(12)6-5-7-22)9-13-10-17(24-3)18(25-4)11-15(13)20(16)2/h10-12,22H,5-9H2,1-4H3/t12-/m0/s1. The summed E-state index contributed by atoms with van der Waals surface area (Å²) in [7, 11) is 5.25. The zero-order valence-corrected chi connectivity index (χ0v) is 15.3. The second-order valence-electron chi connectivity index (χ2n) is 6.63. The maximum absolute atomic E-state index is 13.0. The summed E-state index contributed by atoms with van der Waals surface area (Å²) in [5, 5.41) is 9.10. The summed E-state index contributed by atoms with van der Waals surface area (Å²) in [6.07, 6.45) is 2.02. The number of carbonyl (C=O) groups is 1. The van der Waals surface area contributed by atoms with Gasteiger partial charge >= 0.3 is 0 Å².